The number of nitrogens with two attached hydrogens (primary N) is 1. The molecule has 6 atom stereocenters. The van der Waals surface area contributed by atoms with Crippen LogP contribution in [-0.4, -0.2) is 66.4 Å². The van der Waals surface area contributed by atoms with E-state index in [1.807, 2.05) is 0 Å². The van der Waals surface area contributed by atoms with Crippen LogP contribution in [0.1, 0.15) is 33.9 Å². The van der Waals surface area contributed by atoms with E-state index >= 15 is 0 Å². The molecule has 0 spiro atoms. The lowest BCUT2D eigenvalue weighted by atomic mass is 10.0. The van der Waals surface area contributed by atoms with Crippen LogP contribution in [0, 0.1) is 0 Å². The third kappa shape index (κ3) is 5.93. The molecule has 0 radical (unpaired) electrons. The van der Waals surface area contributed by atoms with Gasteiger partial charge in [-0.2, -0.15) is 5.09 Å². The number of hydrogen-bond acceptors (Lipinski definition) is 11. The second kappa shape index (κ2) is 11.1. The van der Waals surface area contributed by atoms with Crippen LogP contribution in [0.15, 0.2) is 43.0 Å². The van der Waals surface area contributed by atoms with E-state index in [-0.39, 0.29) is 17.7 Å². The number of halogens is 1. The average molecular weight is 569 g/mol. The highest BCUT2D eigenvalue weighted by atomic mass is 35.5. The topological polar surface area (TPSA) is 173 Å². The molecule has 1 aliphatic rings. The molecule has 3 unspecified atom stereocenters. The third-order valence-corrected chi connectivity index (χ3v) is 7.85. The minimum atomic E-state index is -4.18. The Morgan fingerprint density at radius 2 is 2.00 bits per heavy atom. The molecule has 0 aliphatic carbocycles. The fraction of sp³-hybridized carbons (Fsp3) is 0.478. The number of nitrogen functional groups attached to an aromatic ring is 1. The van der Waals surface area contributed by atoms with Gasteiger partial charge in [-0.25, -0.2) is 19.5 Å². The number of benzene rings is 1. The number of aromatic nitrogens is 4. The number of alkyl halides is 1. The van der Waals surface area contributed by atoms with E-state index in [9.17, 15) is 14.5 Å². The molecular formula is C23H30ClN6O7P. The highest BCUT2D eigenvalue weighted by molar-refractivity contribution is 7.52. The number of carbonyl (C=O) groups is 1. The van der Waals surface area contributed by atoms with Crippen molar-refractivity contribution in [3.63, 3.8) is 0 Å². The summed E-state index contributed by atoms with van der Waals surface area (Å²) < 4.78 is 37.8. The zero-order valence-corrected chi connectivity index (χ0v) is 22.9. The summed E-state index contributed by atoms with van der Waals surface area (Å²) in [5.41, 5.74) is 6.60. The molecule has 13 nitrogen and oxygen atoms in total. The Morgan fingerprint density at radius 1 is 1.29 bits per heavy atom. The Bertz CT molecular complexity index is 1320. The fourth-order valence-electron chi connectivity index (χ4n) is 3.90. The summed E-state index contributed by atoms with van der Waals surface area (Å²) in [6.45, 7) is 6.06. The predicted molar refractivity (Wildman–Crippen MR) is 138 cm³/mol. The summed E-state index contributed by atoms with van der Waals surface area (Å²) in [4.78, 5) is 23.4. The van der Waals surface area contributed by atoms with Crippen molar-refractivity contribution in [1.82, 2.24) is 24.6 Å². The lowest BCUT2D eigenvalue weighted by Gasteiger charge is -2.26. The van der Waals surface area contributed by atoms with Gasteiger partial charge in [0.1, 0.15) is 40.7 Å². The van der Waals surface area contributed by atoms with Gasteiger partial charge in [-0.1, -0.05) is 18.2 Å². The van der Waals surface area contributed by atoms with Crippen molar-refractivity contribution in [3.05, 3.63) is 43.0 Å². The standard InChI is InChI=1S/C23H30ClN6O7P/c1-13(2)35-21(32)14(3)29-38(33,37-15-8-6-5-7-9-15)34-10-16-18(31)23(4,24)22(36-16)30-12-28-17-19(25)26-11-27-20(17)30/h5-9,11-14,16,18,22,31H,10H2,1-4H3,(H,29,33)(H2,25,26,27)/t14?,16?,18-,22-,23-,38?/m1/s1. The molecule has 1 fully saturated rings. The van der Waals surface area contributed by atoms with Crippen molar-refractivity contribution in [2.75, 3.05) is 12.3 Å². The Kier molecular flexibility index (Phi) is 8.26. The normalized spacial score (nSPS) is 25.8. The lowest BCUT2D eigenvalue weighted by Crippen LogP contribution is -2.40. The number of nitrogens with one attached hydrogen (secondary N) is 1. The highest BCUT2D eigenvalue weighted by Gasteiger charge is 2.54. The molecule has 2 aromatic heterocycles. The van der Waals surface area contributed by atoms with Crippen LogP contribution < -0.4 is 15.3 Å². The van der Waals surface area contributed by atoms with E-state index in [2.05, 4.69) is 20.0 Å². The van der Waals surface area contributed by atoms with E-state index in [1.165, 1.54) is 24.1 Å². The third-order valence-electron chi connectivity index (χ3n) is 5.79. The minimum absolute atomic E-state index is 0.179. The maximum absolute atomic E-state index is 13.8. The summed E-state index contributed by atoms with van der Waals surface area (Å²) in [6, 6.07) is 7.27. The van der Waals surface area contributed by atoms with Gasteiger partial charge in [0.15, 0.2) is 17.7 Å². The fourth-order valence-corrected chi connectivity index (χ4v) is 5.70. The average Bonchev–Trinajstić information content (AvgIpc) is 3.37. The predicted octanol–water partition coefficient (Wildman–Crippen LogP) is 2.80. The first-order valence-electron chi connectivity index (χ1n) is 11.8. The molecule has 1 aromatic carbocycles. The Morgan fingerprint density at radius 3 is 2.68 bits per heavy atom. The number of rotatable bonds is 10. The van der Waals surface area contributed by atoms with Crippen molar-refractivity contribution in [1.29, 1.82) is 0 Å². The van der Waals surface area contributed by atoms with Crippen molar-refractivity contribution in [3.8, 4) is 5.75 Å². The number of aliphatic hydroxyl groups excluding tert-OH is 1. The molecule has 4 N–H and O–H groups in total. The van der Waals surface area contributed by atoms with Crippen LogP contribution in [0.5, 0.6) is 5.75 Å². The Balaban J connectivity index is 1.54. The molecular weight excluding hydrogens is 539 g/mol. The van der Waals surface area contributed by atoms with E-state index in [0.717, 1.165) is 0 Å². The number of ether oxygens (including phenoxy) is 2. The summed E-state index contributed by atoms with van der Waals surface area (Å²) in [5, 5.41) is 13.6. The van der Waals surface area contributed by atoms with Crippen LogP contribution >= 0.6 is 19.3 Å². The van der Waals surface area contributed by atoms with Gasteiger partial charge in [0.25, 0.3) is 0 Å². The summed E-state index contributed by atoms with van der Waals surface area (Å²) >= 11 is 6.73. The lowest BCUT2D eigenvalue weighted by molar-refractivity contribution is -0.149. The molecule has 206 valence electrons. The quantitative estimate of drug-likeness (QED) is 0.186. The first-order valence-corrected chi connectivity index (χ1v) is 13.8. The van der Waals surface area contributed by atoms with Crippen LogP contribution in [0.4, 0.5) is 5.82 Å². The Labute approximate surface area is 224 Å². The molecule has 38 heavy (non-hydrogen) atoms. The van der Waals surface area contributed by atoms with E-state index in [4.69, 9.17) is 35.9 Å². The van der Waals surface area contributed by atoms with Crippen LogP contribution in [0.25, 0.3) is 11.2 Å². The number of carbonyl (C=O) groups excluding carboxylic acids is 1. The number of fused-ring (bicyclic) bond motifs is 1. The van der Waals surface area contributed by atoms with Crippen LogP contribution in [0.2, 0.25) is 0 Å². The maximum Gasteiger partial charge on any atom is 0.459 e. The monoisotopic (exact) mass is 568 g/mol. The first kappa shape index (κ1) is 28.2. The zero-order valence-electron chi connectivity index (χ0n) is 21.2. The molecule has 1 saturated heterocycles. The summed E-state index contributed by atoms with van der Waals surface area (Å²) in [7, 11) is -4.18. The maximum atomic E-state index is 13.8. The van der Waals surface area contributed by atoms with Crippen molar-refractivity contribution in [2.45, 2.75) is 63.2 Å². The number of anilines is 1. The number of para-hydroxylation sites is 1. The number of aliphatic hydroxyl groups is 1. The minimum Gasteiger partial charge on any atom is -0.462 e. The molecule has 1 aliphatic heterocycles. The van der Waals surface area contributed by atoms with Crippen molar-refractivity contribution in [2.24, 2.45) is 0 Å². The number of esters is 1. The molecule has 3 aromatic rings. The largest absolute Gasteiger partial charge is 0.462 e. The van der Waals surface area contributed by atoms with Gasteiger partial charge in [-0.05, 0) is 39.8 Å². The van der Waals surface area contributed by atoms with Crippen LogP contribution in [-0.2, 0) is 23.4 Å². The van der Waals surface area contributed by atoms with Crippen molar-refractivity contribution < 1.29 is 33.0 Å². The Hall–Kier alpha value is -2.80. The van der Waals surface area contributed by atoms with Gasteiger partial charge in [0.2, 0.25) is 0 Å². The van der Waals surface area contributed by atoms with E-state index in [1.54, 1.807) is 51.1 Å². The van der Waals surface area contributed by atoms with Gasteiger partial charge < -0.3 is 24.8 Å². The number of imidazole rings is 1. The summed E-state index contributed by atoms with van der Waals surface area (Å²) in [6.07, 6.45) is -0.895. The van der Waals surface area contributed by atoms with Gasteiger partial charge >= 0.3 is 13.7 Å². The van der Waals surface area contributed by atoms with Gasteiger partial charge in [-0.3, -0.25) is 13.9 Å². The number of nitrogens with zero attached hydrogens (tertiary/aromatic N) is 4. The zero-order chi connectivity index (χ0) is 27.7. The number of hydrogen-bond donors (Lipinski definition) is 3. The molecule has 0 amide bonds. The molecule has 0 saturated carbocycles. The van der Waals surface area contributed by atoms with E-state index < -0.39 is 49.7 Å². The molecule has 0 bridgehead atoms. The summed E-state index contributed by atoms with van der Waals surface area (Å²) in [5.74, 6) is -0.221. The van der Waals surface area contributed by atoms with Gasteiger partial charge in [0, 0.05) is 0 Å². The first-order chi connectivity index (χ1) is 17.9. The van der Waals surface area contributed by atoms with Gasteiger partial charge in [-0.15, -0.1) is 11.6 Å². The van der Waals surface area contributed by atoms with Crippen molar-refractivity contribution >= 4 is 42.3 Å². The molecule has 4 rings (SSSR count). The smallest absolute Gasteiger partial charge is 0.459 e. The molecule has 15 heteroatoms. The van der Waals surface area contributed by atoms with Gasteiger partial charge in [0.05, 0.1) is 19.0 Å². The second-order valence-electron chi connectivity index (χ2n) is 9.24. The SMILES string of the molecule is CC(C)OC(=O)C(C)NP(=O)(OCC1O[C@@H](n2cnc3c(N)ncnc32)[C@](C)(Cl)[C@@H]1O)Oc1ccccc1. The van der Waals surface area contributed by atoms with Crippen LogP contribution in [0.3, 0.4) is 0 Å². The van der Waals surface area contributed by atoms with E-state index in [0.29, 0.717) is 11.2 Å². The highest BCUT2D eigenvalue weighted by Crippen LogP contribution is 2.48. The molecule has 3 heterocycles. The second-order valence-corrected chi connectivity index (χ2v) is 11.7.